The van der Waals surface area contributed by atoms with E-state index in [1.165, 1.54) is 6.26 Å². The van der Waals surface area contributed by atoms with E-state index in [0.717, 1.165) is 0 Å². The van der Waals surface area contributed by atoms with Gasteiger partial charge in [0.15, 0.2) is 0 Å². The maximum Gasteiger partial charge on any atom is 0.313 e. The average molecular weight is 184 g/mol. The number of hydrogen-bond donors (Lipinski definition) is 0. The number of furan rings is 1. The van der Waals surface area contributed by atoms with E-state index in [1.54, 1.807) is 19.2 Å². The lowest BCUT2D eigenvalue weighted by atomic mass is 10.3. The van der Waals surface area contributed by atoms with Crippen LogP contribution in [-0.2, 0) is 20.7 Å². The van der Waals surface area contributed by atoms with Crippen LogP contribution >= 0.6 is 0 Å². The van der Waals surface area contributed by atoms with Crippen LogP contribution in [0.5, 0.6) is 0 Å². The normalized spacial score (nSPS) is 9.92. The molecule has 0 aromatic carbocycles. The third-order valence-electron chi connectivity index (χ3n) is 1.45. The Balaban J connectivity index is 2.18. The van der Waals surface area contributed by atoms with Crippen molar-refractivity contribution in [2.45, 2.75) is 6.42 Å². The zero-order valence-electron chi connectivity index (χ0n) is 7.49. The van der Waals surface area contributed by atoms with Crippen LogP contribution in [0, 0.1) is 0 Å². The standard InChI is InChI=1S/C9H12O4/c1-11-5-6-13-9(10)7-8-3-2-4-12-8/h2-4H,5-7H2,1H3. The van der Waals surface area contributed by atoms with Crippen LogP contribution in [0.3, 0.4) is 0 Å². The number of hydrogen-bond acceptors (Lipinski definition) is 4. The van der Waals surface area contributed by atoms with Gasteiger partial charge in [0.25, 0.3) is 0 Å². The second kappa shape index (κ2) is 5.37. The predicted octanol–water partition coefficient (Wildman–Crippen LogP) is 1.01. The van der Waals surface area contributed by atoms with Gasteiger partial charge in [0.2, 0.25) is 0 Å². The van der Waals surface area contributed by atoms with Crippen molar-refractivity contribution < 1.29 is 18.7 Å². The van der Waals surface area contributed by atoms with Gasteiger partial charge in [0.1, 0.15) is 18.8 Å². The summed E-state index contributed by atoms with van der Waals surface area (Å²) in [4.78, 5) is 11.0. The maximum absolute atomic E-state index is 11.0. The molecule has 0 radical (unpaired) electrons. The van der Waals surface area contributed by atoms with Crippen LogP contribution in [0.25, 0.3) is 0 Å². The zero-order chi connectivity index (χ0) is 9.52. The number of methoxy groups -OCH3 is 1. The van der Waals surface area contributed by atoms with E-state index in [2.05, 4.69) is 0 Å². The maximum atomic E-state index is 11.0. The van der Waals surface area contributed by atoms with Crippen LogP contribution in [0.2, 0.25) is 0 Å². The Bertz CT molecular complexity index is 240. The van der Waals surface area contributed by atoms with E-state index < -0.39 is 0 Å². The van der Waals surface area contributed by atoms with E-state index >= 15 is 0 Å². The van der Waals surface area contributed by atoms with Crippen molar-refractivity contribution in [3.05, 3.63) is 24.2 Å². The van der Waals surface area contributed by atoms with Crippen molar-refractivity contribution in [1.29, 1.82) is 0 Å². The van der Waals surface area contributed by atoms with Crippen LogP contribution in [-0.4, -0.2) is 26.3 Å². The zero-order valence-corrected chi connectivity index (χ0v) is 7.49. The van der Waals surface area contributed by atoms with E-state index in [1.807, 2.05) is 0 Å². The summed E-state index contributed by atoms with van der Waals surface area (Å²) >= 11 is 0. The Morgan fingerprint density at radius 2 is 2.38 bits per heavy atom. The Morgan fingerprint density at radius 3 is 3.00 bits per heavy atom. The largest absolute Gasteiger partial charge is 0.469 e. The molecule has 1 rings (SSSR count). The summed E-state index contributed by atoms with van der Waals surface area (Å²) in [5.41, 5.74) is 0. The second-order valence-electron chi connectivity index (χ2n) is 2.47. The quantitative estimate of drug-likeness (QED) is 0.506. The Kier molecular flexibility index (Phi) is 4.05. The highest BCUT2D eigenvalue weighted by Gasteiger charge is 2.05. The van der Waals surface area contributed by atoms with Gasteiger partial charge in [-0.3, -0.25) is 4.79 Å². The van der Waals surface area contributed by atoms with Gasteiger partial charge < -0.3 is 13.9 Å². The summed E-state index contributed by atoms with van der Waals surface area (Å²) in [6.45, 7) is 0.708. The fourth-order valence-electron chi connectivity index (χ4n) is 0.845. The minimum Gasteiger partial charge on any atom is -0.469 e. The summed E-state index contributed by atoms with van der Waals surface area (Å²) in [6, 6.07) is 3.47. The molecule has 0 atom stereocenters. The van der Waals surface area contributed by atoms with E-state index in [4.69, 9.17) is 13.9 Å². The molecule has 1 heterocycles. The molecule has 0 bridgehead atoms. The molecule has 0 unspecified atom stereocenters. The molecular weight excluding hydrogens is 172 g/mol. The molecule has 13 heavy (non-hydrogen) atoms. The first-order valence-electron chi connectivity index (χ1n) is 4.00. The lowest BCUT2D eigenvalue weighted by Crippen LogP contribution is -2.11. The molecule has 0 saturated heterocycles. The van der Waals surface area contributed by atoms with Crippen molar-refractivity contribution in [1.82, 2.24) is 0 Å². The van der Waals surface area contributed by atoms with Gasteiger partial charge in [-0.05, 0) is 12.1 Å². The topological polar surface area (TPSA) is 48.7 Å². The molecule has 4 heteroatoms. The smallest absolute Gasteiger partial charge is 0.313 e. The lowest BCUT2D eigenvalue weighted by Gasteiger charge is -2.01. The van der Waals surface area contributed by atoms with Gasteiger partial charge in [-0.2, -0.15) is 0 Å². The van der Waals surface area contributed by atoms with E-state index in [0.29, 0.717) is 12.4 Å². The molecule has 1 aromatic heterocycles. The molecule has 72 valence electrons. The van der Waals surface area contributed by atoms with Gasteiger partial charge in [-0.15, -0.1) is 0 Å². The molecule has 4 nitrogen and oxygen atoms in total. The van der Waals surface area contributed by atoms with Gasteiger partial charge >= 0.3 is 5.97 Å². The molecule has 0 aliphatic heterocycles. The predicted molar refractivity (Wildman–Crippen MR) is 45.2 cm³/mol. The Labute approximate surface area is 76.4 Å². The van der Waals surface area contributed by atoms with Crippen LogP contribution in [0.4, 0.5) is 0 Å². The van der Waals surface area contributed by atoms with E-state index in [9.17, 15) is 4.79 Å². The summed E-state index contributed by atoms with van der Waals surface area (Å²) in [5.74, 6) is 0.314. The number of carbonyl (C=O) groups excluding carboxylic acids is 1. The van der Waals surface area contributed by atoms with Gasteiger partial charge in [0.05, 0.1) is 12.9 Å². The molecular formula is C9H12O4. The third-order valence-corrected chi connectivity index (χ3v) is 1.45. The molecule has 0 N–H and O–H groups in total. The minimum absolute atomic E-state index is 0.177. The Morgan fingerprint density at radius 1 is 1.54 bits per heavy atom. The first kappa shape index (κ1) is 9.80. The van der Waals surface area contributed by atoms with Crippen LogP contribution in [0.1, 0.15) is 5.76 Å². The third kappa shape index (κ3) is 3.75. The second-order valence-corrected chi connectivity index (χ2v) is 2.47. The molecule has 0 spiro atoms. The van der Waals surface area contributed by atoms with E-state index in [-0.39, 0.29) is 19.0 Å². The highest BCUT2D eigenvalue weighted by atomic mass is 16.6. The molecule has 0 amide bonds. The van der Waals surface area contributed by atoms with Gasteiger partial charge in [-0.25, -0.2) is 0 Å². The van der Waals surface area contributed by atoms with Crippen molar-refractivity contribution in [3.8, 4) is 0 Å². The molecule has 0 fully saturated rings. The van der Waals surface area contributed by atoms with Gasteiger partial charge in [0, 0.05) is 7.11 Å². The fraction of sp³-hybridized carbons (Fsp3) is 0.444. The number of ether oxygens (including phenoxy) is 2. The number of esters is 1. The molecule has 1 aromatic rings. The van der Waals surface area contributed by atoms with Crippen LogP contribution in [0.15, 0.2) is 22.8 Å². The monoisotopic (exact) mass is 184 g/mol. The lowest BCUT2D eigenvalue weighted by molar-refractivity contribution is -0.144. The van der Waals surface area contributed by atoms with Crippen molar-refractivity contribution in [2.75, 3.05) is 20.3 Å². The summed E-state index contributed by atoms with van der Waals surface area (Å²) in [6.07, 6.45) is 1.70. The first-order chi connectivity index (χ1) is 6.33. The van der Waals surface area contributed by atoms with Crippen LogP contribution < -0.4 is 0 Å². The molecule has 0 aliphatic rings. The minimum atomic E-state index is -0.299. The molecule has 0 aliphatic carbocycles. The Hall–Kier alpha value is -1.29. The highest BCUT2D eigenvalue weighted by Crippen LogP contribution is 2.01. The average Bonchev–Trinajstić information content (AvgIpc) is 2.57. The number of carbonyl (C=O) groups is 1. The molecule has 0 saturated carbocycles. The fourth-order valence-corrected chi connectivity index (χ4v) is 0.845. The first-order valence-corrected chi connectivity index (χ1v) is 4.00. The summed E-state index contributed by atoms with van der Waals surface area (Å²) < 4.78 is 14.5. The van der Waals surface area contributed by atoms with Crippen molar-refractivity contribution in [2.24, 2.45) is 0 Å². The number of rotatable bonds is 5. The summed E-state index contributed by atoms with van der Waals surface area (Å²) in [7, 11) is 1.56. The summed E-state index contributed by atoms with van der Waals surface area (Å²) in [5, 5.41) is 0. The van der Waals surface area contributed by atoms with Crippen molar-refractivity contribution >= 4 is 5.97 Å². The SMILES string of the molecule is COCCOC(=O)Cc1ccco1. The van der Waals surface area contributed by atoms with Crippen molar-refractivity contribution in [3.63, 3.8) is 0 Å². The highest BCUT2D eigenvalue weighted by molar-refractivity contribution is 5.71. The van der Waals surface area contributed by atoms with Gasteiger partial charge in [-0.1, -0.05) is 0 Å².